The predicted molar refractivity (Wildman–Crippen MR) is 415 cm³/mol. The number of carbonyl (C=O) groups is 1. The molecule has 100 heavy (non-hydrogen) atoms. The van der Waals surface area contributed by atoms with Gasteiger partial charge in [0.25, 0.3) is 0 Å². The Hall–Kier alpha value is -2.83. The predicted octanol–water partition coefficient (Wildman–Crippen LogP) is 19.5. The van der Waals surface area contributed by atoms with Crippen molar-refractivity contribution in [1.29, 1.82) is 0 Å². The summed E-state index contributed by atoms with van der Waals surface area (Å²) in [7, 11) is 0. The highest BCUT2D eigenvalue weighted by Gasteiger charge is 2.51. The second kappa shape index (κ2) is 69.2. The second-order valence-corrected chi connectivity index (χ2v) is 29.2. The highest BCUT2D eigenvalue weighted by atomic mass is 16.7. The largest absolute Gasteiger partial charge is 0.394 e. The smallest absolute Gasteiger partial charge is 0.220 e. The number of aliphatic hydroxyl groups is 8. The molecule has 0 radical (unpaired) electrons. The van der Waals surface area contributed by atoms with Crippen molar-refractivity contribution >= 4 is 5.91 Å². The summed E-state index contributed by atoms with van der Waals surface area (Å²) in [4.78, 5) is 13.4. The van der Waals surface area contributed by atoms with E-state index in [0.29, 0.717) is 12.8 Å². The third-order valence-corrected chi connectivity index (χ3v) is 20.0. The maximum Gasteiger partial charge on any atom is 0.220 e. The first-order valence-electron chi connectivity index (χ1n) is 41.8. The van der Waals surface area contributed by atoms with Crippen molar-refractivity contribution in [3.05, 3.63) is 85.1 Å². The topological polar surface area (TPSA) is 228 Å². The zero-order valence-corrected chi connectivity index (χ0v) is 63.9. The fourth-order valence-corrected chi connectivity index (χ4v) is 13.5. The summed E-state index contributed by atoms with van der Waals surface area (Å²) in [6.45, 7) is 2.71. The number of rotatable bonds is 70. The molecule has 0 aromatic rings. The first-order valence-corrected chi connectivity index (χ1v) is 41.8. The fourth-order valence-electron chi connectivity index (χ4n) is 13.5. The average molecular weight is 1410 g/mol. The van der Waals surface area contributed by atoms with Gasteiger partial charge in [0, 0.05) is 6.42 Å². The van der Waals surface area contributed by atoms with Gasteiger partial charge in [-0.25, -0.2) is 0 Å². The summed E-state index contributed by atoms with van der Waals surface area (Å²) in [6.07, 6.45) is 81.2. The molecule has 0 aromatic carbocycles. The van der Waals surface area contributed by atoms with E-state index in [1.165, 1.54) is 257 Å². The van der Waals surface area contributed by atoms with Crippen molar-refractivity contribution in [2.24, 2.45) is 0 Å². The Morgan fingerprint density at radius 2 is 0.700 bits per heavy atom. The van der Waals surface area contributed by atoms with Gasteiger partial charge in [-0.1, -0.05) is 356 Å². The summed E-state index contributed by atoms with van der Waals surface area (Å²) in [6, 6.07) is -0.941. The van der Waals surface area contributed by atoms with E-state index in [-0.39, 0.29) is 18.9 Å². The molecule has 12 unspecified atom stereocenters. The number of carbonyl (C=O) groups excluding carboxylic acids is 1. The molecule has 14 nitrogen and oxygen atoms in total. The van der Waals surface area contributed by atoms with Crippen LogP contribution in [0, 0.1) is 0 Å². The third-order valence-electron chi connectivity index (χ3n) is 20.0. The molecule has 9 N–H and O–H groups in total. The molecule has 2 rings (SSSR count). The number of aliphatic hydroxyl groups excluding tert-OH is 8. The van der Waals surface area contributed by atoms with Gasteiger partial charge in [-0.3, -0.25) is 4.79 Å². The van der Waals surface area contributed by atoms with Crippen molar-refractivity contribution in [2.75, 3.05) is 19.8 Å². The molecule has 2 fully saturated rings. The molecular weight excluding hydrogens is 1250 g/mol. The van der Waals surface area contributed by atoms with E-state index in [1.807, 2.05) is 6.08 Å². The van der Waals surface area contributed by atoms with E-state index < -0.39 is 86.8 Å². The SMILES string of the molecule is CC/C=C\C/C=C\C/C=C\C/C=C\CCCCCCCCCCCCCCCCCCCCCCCCCCCCCCC(=O)NC(COC1OC(CO)C(OC2OC(CO)C(O)C(O)C2O)C(O)C1O)C(O)/C=C/CC/C=C/CC/C=C/CCCCCCCCCCCCCCCCC. The highest BCUT2D eigenvalue weighted by molar-refractivity contribution is 5.76. The zero-order valence-electron chi connectivity index (χ0n) is 63.9. The molecule has 0 bridgehead atoms. The Kier molecular flexibility index (Phi) is 64.6. The number of amides is 1. The van der Waals surface area contributed by atoms with Gasteiger partial charge in [0.15, 0.2) is 12.6 Å². The highest BCUT2D eigenvalue weighted by Crippen LogP contribution is 2.30. The summed E-state index contributed by atoms with van der Waals surface area (Å²) in [5.74, 6) is -0.247. The second-order valence-electron chi connectivity index (χ2n) is 29.2. The Morgan fingerprint density at radius 3 is 1.10 bits per heavy atom. The van der Waals surface area contributed by atoms with Crippen molar-refractivity contribution in [3.63, 3.8) is 0 Å². The van der Waals surface area contributed by atoms with Crippen LogP contribution in [0.4, 0.5) is 0 Å². The average Bonchev–Trinajstić information content (AvgIpc) is 0.791. The number of hydrogen-bond acceptors (Lipinski definition) is 13. The van der Waals surface area contributed by atoms with E-state index in [9.17, 15) is 45.6 Å². The molecule has 14 heteroatoms. The van der Waals surface area contributed by atoms with Gasteiger partial charge in [-0.2, -0.15) is 0 Å². The number of allylic oxidation sites excluding steroid dienone is 13. The third kappa shape index (κ3) is 51.4. The number of ether oxygens (including phenoxy) is 4. The van der Waals surface area contributed by atoms with Crippen LogP contribution < -0.4 is 5.32 Å². The van der Waals surface area contributed by atoms with Crippen molar-refractivity contribution in [1.82, 2.24) is 5.32 Å². The van der Waals surface area contributed by atoms with Crippen molar-refractivity contribution < 1.29 is 64.6 Å². The van der Waals surface area contributed by atoms with Crippen molar-refractivity contribution in [3.8, 4) is 0 Å². The van der Waals surface area contributed by atoms with Gasteiger partial charge in [0.1, 0.15) is 48.8 Å². The van der Waals surface area contributed by atoms with E-state index in [2.05, 4.69) is 92.1 Å². The van der Waals surface area contributed by atoms with Crippen LogP contribution in [0.15, 0.2) is 85.1 Å². The van der Waals surface area contributed by atoms with Crippen LogP contribution in [-0.4, -0.2) is 140 Å². The molecule has 2 aliphatic heterocycles. The molecule has 2 heterocycles. The van der Waals surface area contributed by atoms with Gasteiger partial charge in [-0.05, 0) is 83.5 Å². The lowest BCUT2D eigenvalue weighted by Crippen LogP contribution is -2.65. The van der Waals surface area contributed by atoms with E-state index >= 15 is 0 Å². The number of hydrogen-bond donors (Lipinski definition) is 9. The lowest BCUT2D eigenvalue weighted by Gasteiger charge is -2.46. The quantitative estimate of drug-likeness (QED) is 0.0204. The Bertz CT molecular complexity index is 2010. The minimum atomic E-state index is -1.80. The van der Waals surface area contributed by atoms with E-state index in [4.69, 9.17) is 18.9 Å². The van der Waals surface area contributed by atoms with Crippen LogP contribution in [0.2, 0.25) is 0 Å². The summed E-state index contributed by atoms with van der Waals surface area (Å²) < 4.78 is 22.9. The number of unbranched alkanes of at least 4 members (excludes halogenated alkanes) is 45. The Morgan fingerprint density at radius 1 is 0.370 bits per heavy atom. The summed E-state index contributed by atoms with van der Waals surface area (Å²) in [5, 5.41) is 87.7. The lowest BCUT2D eigenvalue weighted by atomic mass is 9.97. The molecule has 0 aromatic heterocycles. The maximum atomic E-state index is 13.4. The van der Waals surface area contributed by atoms with Gasteiger partial charge in [0.05, 0.1) is 32.0 Å². The molecule has 582 valence electrons. The van der Waals surface area contributed by atoms with Gasteiger partial charge >= 0.3 is 0 Å². The normalized spacial score (nSPS) is 22.3. The van der Waals surface area contributed by atoms with Gasteiger partial charge in [-0.15, -0.1) is 0 Å². The van der Waals surface area contributed by atoms with Crippen LogP contribution in [0.1, 0.15) is 361 Å². The maximum absolute atomic E-state index is 13.4. The lowest BCUT2D eigenvalue weighted by molar-refractivity contribution is -0.359. The van der Waals surface area contributed by atoms with Crippen molar-refractivity contribution in [2.45, 2.75) is 434 Å². The molecular formula is C86H155NO13. The molecule has 2 aliphatic rings. The molecule has 1 amide bonds. The molecule has 0 saturated carbocycles. The first-order chi connectivity index (χ1) is 49.1. The van der Waals surface area contributed by atoms with Crippen LogP contribution >= 0.6 is 0 Å². The summed E-state index contributed by atoms with van der Waals surface area (Å²) in [5.41, 5.74) is 0. The van der Waals surface area contributed by atoms with Crippen LogP contribution in [-0.2, 0) is 23.7 Å². The van der Waals surface area contributed by atoms with E-state index in [0.717, 1.165) is 70.6 Å². The molecule has 0 spiro atoms. The Labute approximate surface area is 611 Å². The van der Waals surface area contributed by atoms with Crippen LogP contribution in [0.3, 0.4) is 0 Å². The van der Waals surface area contributed by atoms with Gasteiger partial charge in [0.2, 0.25) is 5.91 Å². The monoisotopic (exact) mass is 1410 g/mol. The molecule has 2 saturated heterocycles. The zero-order chi connectivity index (χ0) is 72.2. The Balaban J connectivity index is 1.58. The summed E-state index contributed by atoms with van der Waals surface area (Å²) >= 11 is 0. The molecule has 0 aliphatic carbocycles. The fraction of sp³-hybridized carbons (Fsp3) is 0.826. The number of nitrogens with one attached hydrogen (secondary N) is 1. The van der Waals surface area contributed by atoms with Crippen LogP contribution in [0.5, 0.6) is 0 Å². The minimum Gasteiger partial charge on any atom is -0.394 e. The van der Waals surface area contributed by atoms with E-state index in [1.54, 1.807) is 6.08 Å². The van der Waals surface area contributed by atoms with Gasteiger partial charge < -0.3 is 65.1 Å². The first kappa shape index (κ1) is 93.3. The van der Waals surface area contributed by atoms with Crippen LogP contribution in [0.25, 0.3) is 0 Å². The minimum absolute atomic E-state index is 0.247. The standard InChI is InChI=1S/C86H155NO13/c1-3-5-7-9-11-13-15-17-19-21-23-25-27-29-30-31-32-33-34-35-36-37-38-39-40-41-42-43-44-46-48-50-52-54-56-58-60-62-64-66-68-70-78(91)87-74(73-97-85-83(96)81(94)84(77(72-89)99-85)100-86-82(95)80(93)79(92)76(71-88)98-86)75(90)69-67-65-63-61-59-57-55-53-51-49-47-45-28-26-24-22-20-18-16-14-12-10-8-6-4-2/h5,7,11,13,17,19,23,25,51,53,59,61,67,69,74-77,79-86,88-90,92-96H,3-4,6,8-10,12,14-16,18,20-22,24,26-50,52,54-58,60,62-66,68,70-73H2,1-2H3,(H,87,91)/b7-5-,13-11-,19-17-,25-23-,53-51+,61-59+,69-67+. The molecule has 12 atom stereocenters.